The minimum absolute atomic E-state index is 0.0243. The highest BCUT2D eigenvalue weighted by Crippen LogP contribution is 2.38. The summed E-state index contributed by atoms with van der Waals surface area (Å²) in [7, 11) is 0. The van der Waals surface area contributed by atoms with E-state index >= 15 is 0 Å². The Bertz CT molecular complexity index is 691. The van der Waals surface area contributed by atoms with Crippen molar-refractivity contribution in [2.75, 3.05) is 17.6 Å². The van der Waals surface area contributed by atoms with Crippen molar-refractivity contribution in [3.05, 3.63) is 22.2 Å². The lowest BCUT2D eigenvalue weighted by molar-refractivity contribution is -0.140. The van der Waals surface area contributed by atoms with Crippen molar-refractivity contribution in [2.24, 2.45) is 11.8 Å². The lowest BCUT2D eigenvalue weighted by Crippen LogP contribution is -2.34. The molecule has 1 aromatic carbocycles. The van der Waals surface area contributed by atoms with Crippen LogP contribution in [0.3, 0.4) is 0 Å². The molecule has 1 aromatic rings. The molecule has 2 atom stereocenters. The fraction of sp³-hybridized carbons (Fsp3) is 0.471. The Morgan fingerprint density at radius 3 is 2.16 bits per heavy atom. The highest BCUT2D eigenvalue weighted by atomic mass is 35.5. The summed E-state index contributed by atoms with van der Waals surface area (Å²) in [5.41, 5.74) is 6.32. The molecule has 0 radical (unpaired) electrons. The van der Waals surface area contributed by atoms with Crippen LogP contribution in [-0.2, 0) is 14.4 Å². The number of nitrogens with two attached hydrogens (primary N) is 1. The van der Waals surface area contributed by atoms with Crippen LogP contribution in [-0.4, -0.2) is 29.2 Å². The molecule has 3 amide bonds. The monoisotopic (exact) mass is 383 g/mol. The molecule has 25 heavy (non-hydrogen) atoms. The second-order valence-corrected chi connectivity index (χ2v) is 7.29. The third kappa shape index (κ3) is 3.60. The Kier molecular flexibility index (Phi) is 5.20. The lowest BCUT2D eigenvalue weighted by Gasteiger charge is -2.19. The largest absolute Gasteiger partial charge is 0.396 e. The van der Waals surface area contributed by atoms with Crippen molar-refractivity contribution in [1.82, 2.24) is 4.90 Å². The topological polar surface area (TPSA) is 92.5 Å². The van der Waals surface area contributed by atoms with Gasteiger partial charge in [0.05, 0.1) is 27.6 Å². The van der Waals surface area contributed by atoms with E-state index in [4.69, 9.17) is 28.9 Å². The van der Waals surface area contributed by atoms with Gasteiger partial charge in [-0.2, -0.15) is 0 Å². The summed E-state index contributed by atoms with van der Waals surface area (Å²) in [6.07, 6.45) is 3.51. The van der Waals surface area contributed by atoms with Crippen LogP contribution in [0.25, 0.3) is 0 Å². The Labute approximate surface area is 155 Å². The molecule has 1 aliphatic heterocycles. The first kappa shape index (κ1) is 18.0. The van der Waals surface area contributed by atoms with Gasteiger partial charge in [0.25, 0.3) is 0 Å². The molecule has 3 rings (SSSR count). The van der Waals surface area contributed by atoms with Gasteiger partial charge in [-0.3, -0.25) is 19.3 Å². The van der Waals surface area contributed by atoms with Gasteiger partial charge < -0.3 is 11.1 Å². The number of nitrogens with one attached hydrogen (secondary N) is 1. The molecule has 134 valence electrons. The van der Waals surface area contributed by atoms with E-state index in [0.29, 0.717) is 5.69 Å². The molecule has 2 fully saturated rings. The maximum absolute atomic E-state index is 12.4. The Hall–Kier alpha value is -1.79. The van der Waals surface area contributed by atoms with Crippen molar-refractivity contribution in [1.29, 1.82) is 0 Å². The maximum Gasteiger partial charge on any atom is 0.233 e. The quantitative estimate of drug-likeness (QED) is 0.616. The van der Waals surface area contributed by atoms with Crippen molar-refractivity contribution in [3.8, 4) is 0 Å². The third-order valence-electron chi connectivity index (χ3n) is 4.86. The Morgan fingerprint density at radius 1 is 1.12 bits per heavy atom. The molecule has 0 spiro atoms. The molecule has 1 aliphatic carbocycles. The minimum Gasteiger partial charge on any atom is -0.396 e. The zero-order valence-electron chi connectivity index (χ0n) is 13.6. The SMILES string of the molecule is Nc1c(Cl)cc(NC(=O)CCN2C(=O)C3CCCCC3C2=O)cc1Cl. The second-order valence-electron chi connectivity index (χ2n) is 6.48. The predicted octanol–water partition coefficient (Wildman–Crippen LogP) is 3.08. The average molecular weight is 384 g/mol. The number of rotatable bonds is 4. The summed E-state index contributed by atoms with van der Waals surface area (Å²) in [4.78, 5) is 38.1. The summed E-state index contributed by atoms with van der Waals surface area (Å²) in [6.45, 7) is 0.0902. The van der Waals surface area contributed by atoms with Crippen molar-refractivity contribution in [3.63, 3.8) is 0 Å². The molecular formula is C17H19Cl2N3O3. The predicted molar refractivity (Wildman–Crippen MR) is 96.3 cm³/mol. The Balaban J connectivity index is 1.59. The number of anilines is 2. The van der Waals surface area contributed by atoms with Crippen molar-refractivity contribution < 1.29 is 14.4 Å². The summed E-state index contributed by atoms with van der Waals surface area (Å²) in [5, 5.41) is 3.15. The minimum atomic E-state index is -0.327. The molecule has 1 heterocycles. The van der Waals surface area contributed by atoms with Crippen LogP contribution in [0.4, 0.5) is 11.4 Å². The number of amides is 3. The van der Waals surface area contributed by atoms with E-state index in [1.807, 2.05) is 0 Å². The third-order valence-corrected chi connectivity index (χ3v) is 5.48. The first-order valence-electron chi connectivity index (χ1n) is 8.28. The number of carbonyl (C=O) groups excluding carboxylic acids is 3. The van der Waals surface area contributed by atoms with E-state index in [9.17, 15) is 14.4 Å². The first-order valence-corrected chi connectivity index (χ1v) is 9.03. The fourth-order valence-corrected chi connectivity index (χ4v) is 4.03. The summed E-state index contributed by atoms with van der Waals surface area (Å²) in [6, 6.07) is 3.00. The van der Waals surface area contributed by atoms with Crippen LogP contribution in [0.15, 0.2) is 12.1 Å². The highest BCUT2D eigenvalue weighted by molar-refractivity contribution is 6.39. The summed E-state index contributed by atoms with van der Waals surface area (Å²) < 4.78 is 0. The average Bonchev–Trinajstić information content (AvgIpc) is 2.82. The van der Waals surface area contributed by atoms with Gasteiger partial charge in [0, 0.05) is 18.7 Å². The number of imide groups is 1. The maximum atomic E-state index is 12.4. The first-order chi connectivity index (χ1) is 11.9. The molecule has 1 saturated heterocycles. The molecule has 0 bridgehead atoms. The van der Waals surface area contributed by atoms with Crippen LogP contribution >= 0.6 is 23.2 Å². The van der Waals surface area contributed by atoms with E-state index in [1.165, 1.54) is 17.0 Å². The standard InChI is InChI=1S/C17H19Cl2N3O3/c18-12-7-9(8-13(19)15(12)20)21-14(23)5-6-22-16(24)10-3-1-2-4-11(10)17(22)25/h7-8,10-11H,1-6,20H2,(H,21,23). The fourth-order valence-electron chi connectivity index (χ4n) is 3.54. The lowest BCUT2D eigenvalue weighted by atomic mass is 9.81. The molecule has 1 saturated carbocycles. The highest BCUT2D eigenvalue weighted by Gasteiger charge is 2.47. The zero-order chi connectivity index (χ0) is 18.1. The number of hydrogen-bond acceptors (Lipinski definition) is 4. The summed E-state index contributed by atoms with van der Waals surface area (Å²) in [5.74, 6) is -0.993. The molecular weight excluding hydrogens is 365 g/mol. The number of benzene rings is 1. The van der Waals surface area contributed by atoms with Gasteiger partial charge in [-0.25, -0.2) is 0 Å². The van der Waals surface area contributed by atoms with E-state index in [-0.39, 0.29) is 58.3 Å². The molecule has 0 aromatic heterocycles. The van der Waals surface area contributed by atoms with Gasteiger partial charge in [0.15, 0.2) is 0 Å². The molecule has 3 N–H and O–H groups in total. The van der Waals surface area contributed by atoms with Crippen LogP contribution < -0.4 is 11.1 Å². The number of halogens is 2. The van der Waals surface area contributed by atoms with Gasteiger partial charge in [0.2, 0.25) is 17.7 Å². The smallest absolute Gasteiger partial charge is 0.233 e. The second kappa shape index (κ2) is 7.22. The van der Waals surface area contributed by atoms with Crippen LogP contribution in [0.5, 0.6) is 0 Å². The zero-order valence-corrected chi connectivity index (χ0v) is 15.1. The molecule has 8 heteroatoms. The van der Waals surface area contributed by atoms with Crippen LogP contribution in [0.1, 0.15) is 32.1 Å². The number of hydrogen-bond donors (Lipinski definition) is 2. The molecule has 2 unspecified atom stereocenters. The van der Waals surface area contributed by atoms with E-state index in [1.54, 1.807) is 0 Å². The van der Waals surface area contributed by atoms with Gasteiger partial charge in [-0.05, 0) is 25.0 Å². The Morgan fingerprint density at radius 2 is 1.64 bits per heavy atom. The van der Waals surface area contributed by atoms with E-state index in [2.05, 4.69) is 5.32 Å². The van der Waals surface area contributed by atoms with Gasteiger partial charge >= 0.3 is 0 Å². The van der Waals surface area contributed by atoms with E-state index in [0.717, 1.165) is 25.7 Å². The number of fused-ring (bicyclic) bond motifs is 1. The molecule has 6 nitrogen and oxygen atoms in total. The van der Waals surface area contributed by atoms with Crippen LogP contribution in [0.2, 0.25) is 10.0 Å². The number of carbonyl (C=O) groups is 3. The van der Waals surface area contributed by atoms with Crippen molar-refractivity contribution in [2.45, 2.75) is 32.1 Å². The van der Waals surface area contributed by atoms with Crippen molar-refractivity contribution >= 4 is 52.3 Å². The van der Waals surface area contributed by atoms with E-state index < -0.39 is 0 Å². The number of nitrogens with zero attached hydrogens (tertiary/aromatic N) is 1. The normalized spacial score (nSPS) is 22.9. The molecule has 2 aliphatic rings. The van der Waals surface area contributed by atoms with Crippen LogP contribution in [0, 0.1) is 11.8 Å². The summed E-state index contributed by atoms with van der Waals surface area (Å²) >= 11 is 11.9. The number of likely N-dealkylation sites (tertiary alicyclic amines) is 1. The van der Waals surface area contributed by atoms with Gasteiger partial charge in [-0.1, -0.05) is 36.0 Å². The van der Waals surface area contributed by atoms with Gasteiger partial charge in [-0.15, -0.1) is 0 Å². The van der Waals surface area contributed by atoms with Gasteiger partial charge in [0.1, 0.15) is 0 Å². The number of nitrogen functional groups attached to an aromatic ring is 1.